The molecule has 5 nitrogen and oxygen atoms in total. The first-order valence-corrected chi connectivity index (χ1v) is 12.0. The molecule has 7 heteroatoms. The van der Waals surface area contributed by atoms with E-state index in [1.807, 2.05) is 73.7 Å². The molecule has 5 rings (SSSR count). The highest BCUT2D eigenvalue weighted by Crippen LogP contribution is 2.31. The monoisotopic (exact) mass is 456 g/mol. The van der Waals surface area contributed by atoms with E-state index in [0.717, 1.165) is 43.3 Å². The average molecular weight is 457 g/mol. The normalized spacial score (nSPS) is 11.5. The van der Waals surface area contributed by atoms with E-state index in [1.165, 1.54) is 4.70 Å². The minimum atomic E-state index is -0.232. The summed E-state index contributed by atoms with van der Waals surface area (Å²) in [5, 5.41) is 5.25. The highest BCUT2D eigenvalue weighted by atomic mass is 32.2. The Morgan fingerprint density at radius 2 is 1.88 bits per heavy atom. The highest BCUT2D eigenvalue weighted by molar-refractivity contribution is 8.00. The Morgan fingerprint density at radius 3 is 2.72 bits per heavy atom. The fraction of sp³-hybridized carbons (Fsp3) is 0.0800. The molecule has 0 spiro atoms. The molecule has 0 bridgehead atoms. The number of hydrogen-bond donors (Lipinski definition) is 2. The number of thiazole rings is 1. The number of fused-ring (bicyclic) bond motifs is 2. The van der Waals surface area contributed by atoms with Crippen molar-refractivity contribution in [2.24, 2.45) is 5.10 Å². The van der Waals surface area contributed by atoms with Crippen LogP contribution in [0.15, 0.2) is 82.2 Å². The number of amides is 1. The summed E-state index contributed by atoms with van der Waals surface area (Å²) in [4.78, 5) is 20.4. The molecule has 0 atom stereocenters. The molecular formula is C25H20N4OS2. The van der Waals surface area contributed by atoms with Crippen LogP contribution in [0, 0.1) is 6.92 Å². The number of thioether (sulfide) groups is 1. The third kappa shape index (κ3) is 4.30. The Kier molecular flexibility index (Phi) is 5.75. The van der Waals surface area contributed by atoms with Gasteiger partial charge in [0.05, 0.1) is 16.4 Å². The molecule has 5 aromatic rings. The molecule has 0 aliphatic carbocycles. The number of nitrogens with zero attached hydrogens (tertiary/aromatic N) is 2. The van der Waals surface area contributed by atoms with E-state index in [2.05, 4.69) is 26.6 Å². The summed E-state index contributed by atoms with van der Waals surface area (Å²) in [5.74, 6) is 0.573. The first-order valence-electron chi connectivity index (χ1n) is 10.2. The zero-order valence-corrected chi connectivity index (χ0v) is 19.0. The number of aromatic amines is 1. The maximum Gasteiger partial charge on any atom is 0.271 e. The fourth-order valence-corrected chi connectivity index (χ4v) is 5.52. The van der Waals surface area contributed by atoms with Gasteiger partial charge in [0.25, 0.3) is 5.91 Å². The zero-order valence-electron chi connectivity index (χ0n) is 17.3. The summed E-state index contributed by atoms with van der Waals surface area (Å²) >= 11 is 3.41. The predicted octanol–water partition coefficient (Wildman–Crippen LogP) is 6.14. The molecule has 0 radical (unpaired) electrons. The van der Waals surface area contributed by atoms with Crippen molar-refractivity contribution < 1.29 is 4.79 Å². The Bertz CT molecular complexity index is 1400. The molecule has 2 aromatic heterocycles. The van der Waals surface area contributed by atoms with Crippen LogP contribution in [0.3, 0.4) is 0 Å². The Hall–Kier alpha value is -3.42. The number of benzene rings is 3. The number of aryl methyl sites for hydroxylation is 1. The van der Waals surface area contributed by atoms with Gasteiger partial charge < -0.3 is 4.98 Å². The number of nitrogens with one attached hydrogen (secondary N) is 2. The number of hydrazone groups is 1. The van der Waals surface area contributed by atoms with Gasteiger partial charge in [-0.05, 0) is 42.8 Å². The minimum absolute atomic E-state index is 0.232. The fourth-order valence-electron chi connectivity index (χ4n) is 3.49. The van der Waals surface area contributed by atoms with Gasteiger partial charge in [-0.3, -0.25) is 4.79 Å². The van der Waals surface area contributed by atoms with Crippen molar-refractivity contribution in [2.45, 2.75) is 17.0 Å². The lowest BCUT2D eigenvalue weighted by atomic mass is 10.1. The third-order valence-electron chi connectivity index (χ3n) is 5.16. The van der Waals surface area contributed by atoms with Crippen LogP contribution >= 0.6 is 23.1 Å². The van der Waals surface area contributed by atoms with Gasteiger partial charge in [-0.25, -0.2) is 10.4 Å². The van der Waals surface area contributed by atoms with Crippen LogP contribution in [0.4, 0.5) is 0 Å². The van der Waals surface area contributed by atoms with E-state index in [4.69, 9.17) is 0 Å². The van der Waals surface area contributed by atoms with Crippen molar-refractivity contribution >= 4 is 56.3 Å². The van der Waals surface area contributed by atoms with Crippen molar-refractivity contribution in [3.8, 4) is 0 Å². The number of rotatable bonds is 6. The summed E-state index contributed by atoms with van der Waals surface area (Å²) in [6.45, 7) is 1.99. The number of carbonyl (C=O) groups excluding carboxylic acids is 1. The van der Waals surface area contributed by atoms with Gasteiger partial charge in [0.2, 0.25) is 0 Å². The number of para-hydroxylation sites is 2. The number of aromatic nitrogens is 2. The molecular weight excluding hydrogens is 436 g/mol. The second kappa shape index (κ2) is 8.98. The van der Waals surface area contributed by atoms with Crippen LogP contribution in [0.5, 0.6) is 0 Å². The second-order valence-corrected chi connectivity index (χ2v) is 9.59. The highest BCUT2D eigenvalue weighted by Gasteiger charge is 2.08. The van der Waals surface area contributed by atoms with Crippen molar-refractivity contribution in [3.63, 3.8) is 0 Å². The van der Waals surface area contributed by atoms with Gasteiger partial charge in [0, 0.05) is 33.5 Å². The van der Waals surface area contributed by atoms with E-state index < -0.39 is 0 Å². The van der Waals surface area contributed by atoms with Crippen molar-refractivity contribution in [2.75, 3.05) is 0 Å². The van der Waals surface area contributed by atoms with Crippen molar-refractivity contribution in [1.29, 1.82) is 0 Å². The van der Waals surface area contributed by atoms with Gasteiger partial charge >= 0.3 is 0 Å². The Balaban J connectivity index is 1.20. The summed E-state index contributed by atoms with van der Waals surface area (Å²) in [7, 11) is 0. The largest absolute Gasteiger partial charge is 0.358 e. The van der Waals surface area contributed by atoms with Gasteiger partial charge in [0.15, 0.2) is 4.34 Å². The molecule has 2 heterocycles. The molecule has 0 unspecified atom stereocenters. The molecule has 0 fully saturated rings. The molecule has 3 aromatic carbocycles. The van der Waals surface area contributed by atoms with Crippen molar-refractivity contribution in [1.82, 2.24) is 15.4 Å². The van der Waals surface area contributed by atoms with Crippen LogP contribution in [0.2, 0.25) is 0 Å². The lowest BCUT2D eigenvalue weighted by molar-refractivity contribution is 0.0955. The number of hydrogen-bond acceptors (Lipinski definition) is 5. The van der Waals surface area contributed by atoms with Gasteiger partial charge in [-0.1, -0.05) is 54.2 Å². The quantitative estimate of drug-likeness (QED) is 0.183. The van der Waals surface area contributed by atoms with Crippen LogP contribution in [0.25, 0.3) is 21.1 Å². The second-order valence-electron chi connectivity index (χ2n) is 7.34. The number of H-pyrrole nitrogens is 1. The maximum atomic E-state index is 12.5. The molecule has 32 heavy (non-hydrogen) atoms. The average Bonchev–Trinajstić information content (AvgIpc) is 3.38. The molecule has 0 aliphatic rings. The summed E-state index contributed by atoms with van der Waals surface area (Å²) < 4.78 is 2.25. The molecule has 0 saturated heterocycles. The topological polar surface area (TPSA) is 70.1 Å². The summed E-state index contributed by atoms with van der Waals surface area (Å²) in [5.41, 5.74) is 8.42. The van der Waals surface area contributed by atoms with Crippen LogP contribution < -0.4 is 5.43 Å². The van der Waals surface area contributed by atoms with Gasteiger partial charge in [0.1, 0.15) is 0 Å². The van der Waals surface area contributed by atoms with Crippen molar-refractivity contribution in [3.05, 3.63) is 95.2 Å². The summed E-state index contributed by atoms with van der Waals surface area (Å²) in [6, 6.07) is 23.8. The van der Waals surface area contributed by atoms with Gasteiger partial charge in [-0.15, -0.1) is 11.3 Å². The third-order valence-corrected chi connectivity index (χ3v) is 7.41. The predicted molar refractivity (Wildman–Crippen MR) is 134 cm³/mol. The standard InChI is InChI=1S/C25H20N4OS2/c1-16-20(19-6-2-3-7-21(19)27-16)14-26-29-24(30)18-12-10-17(11-13-18)15-31-25-28-22-8-4-5-9-23(22)32-25/h2-14,27H,15H2,1H3,(H,29,30)/b26-14+. The molecule has 2 N–H and O–H groups in total. The first kappa shape index (κ1) is 20.5. The molecule has 0 aliphatic heterocycles. The van der Waals surface area contributed by atoms with E-state index in [1.54, 1.807) is 29.3 Å². The molecule has 1 amide bonds. The Morgan fingerprint density at radius 1 is 1.09 bits per heavy atom. The lowest BCUT2D eigenvalue weighted by Crippen LogP contribution is -2.17. The zero-order chi connectivity index (χ0) is 21.9. The van der Waals surface area contributed by atoms with Crippen LogP contribution in [-0.4, -0.2) is 22.1 Å². The van der Waals surface area contributed by atoms with Crippen LogP contribution in [-0.2, 0) is 5.75 Å². The molecule has 158 valence electrons. The maximum absolute atomic E-state index is 12.5. The summed E-state index contributed by atoms with van der Waals surface area (Å²) in [6.07, 6.45) is 1.69. The van der Waals surface area contributed by atoms with E-state index in [-0.39, 0.29) is 5.91 Å². The lowest BCUT2D eigenvalue weighted by Gasteiger charge is -2.03. The number of carbonyl (C=O) groups is 1. The SMILES string of the molecule is Cc1[nH]c2ccccc2c1/C=N/NC(=O)c1ccc(CSc2nc3ccccc3s2)cc1. The van der Waals surface area contributed by atoms with Gasteiger partial charge in [-0.2, -0.15) is 5.10 Å². The van der Waals surface area contributed by atoms with E-state index >= 15 is 0 Å². The van der Waals surface area contributed by atoms with E-state index in [9.17, 15) is 4.79 Å². The van der Waals surface area contributed by atoms with Crippen LogP contribution in [0.1, 0.15) is 27.2 Å². The Labute approximate surface area is 193 Å². The smallest absolute Gasteiger partial charge is 0.271 e. The first-order chi connectivity index (χ1) is 15.7. The molecule has 0 saturated carbocycles. The van der Waals surface area contributed by atoms with E-state index in [0.29, 0.717) is 5.56 Å². The minimum Gasteiger partial charge on any atom is -0.358 e.